The molecule has 2 aromatic carbocycles. The van der Waals surface area contributed by atoms with Crippen LogP contribution >= 0.6 is 0 Å². The van der Waals surface area contributed by atoms with Crippen LogP contribution in [0.4, 0.5) is 10.2 Å². The second kappa shape index (κ2) is 5.75. The van der Waals surface area contributed by atoms with Crippen LogP contribution in [0.5, 0.6) is 5.75 Å². The van der Waals surface area contributed by atoms with Crippen LogP contribution in [0.3, 0.4) is 0 Å². The number of fused-ring (bicyclic) bond motifs is 1. The van der Waals surface area contributed by atoms with Gasteiger partial charge in [0.2, 0.25) is 0 Å². The predicted molar refractivity (Wildman–Crippen MR) is 79.8 cm³/mol. The van der Waals surface area contributed by atoms with Crippen LogP contribution in [-0.2, 0) is 6.42 Å². The van der Waals surface area contributed by atoms with Crippen LogP contribution in [0, 0.1) is 5.82 Å². The van der Waals surface area contributed by atoms with Gasteiger partial charge in [-0.25, -0.2) is 14.4 Å². The SMILES string of the molecule is Oc1ccc(CCNc2ncnc3cccc(F)c23)cc1. The topological polar surface area (TPSA) is 58.0 Å². The van der Waals surface area contributed by atoms with Gasteiger partial charge in [0.05, 0.1) is 10.9 Å². The molecule has 3 rings (SSSR count). The van der Waals surface area contributed by atoms with Gasteiger partial charge < -0.3 is 10.4 Å². The lowest BCUT2D eigenvalue weighted by Gasteiger charge is -2.09. The van der Waals surface area contributed by atoms with E-state index >= 15 is 0 Å². The van der Waals surface area contributed by atoms with Crippen molar-refractivity contribution in [3.8, 4) is 5.75 Å². The van der Waals surface area contributed by atoms with Gasteiger partial charge >= 0.3 is 0 Å². The summed E-state index contributed by atoms with van der Waals surface area (Å²) in [6.45, 7) is 0.616. The molecule has 0 aliphatic carbocycles. The van der Waals surface area contributed by atoms with E-state index in [-0.39, 0.29) is 11.6 Å². The average molecular weight is 283 g/mol. The van der Waals surface area contributed by atoms with Crippen molar-refractivity contribution in [3.63, 3.8) is 0 Å². The van der Waals surface area contributed by atoms with Gasteiger partial charge in [0.15, 0.2) is 0 Å². The van der Waals surface area contributed by atoms with E-state index in [2.05, 4.69) is 15.3 Å². The van der Waals surface area contributed by atoms with Gasteiger partial charge in [0, 0.05) is 6.54 Å². The lowest BCUT2D eigenvalue weighted by molar-refractivity contribution is 0.475. The van der Waals surface area contributed by atoms with E-state index in [0.717, 1.165) is 12.0 Å². The zero-order valence-corrected chi connectivity index (χ0v) is 11.3. The Hall–Kier alpha value is -2.69. The molecule has 0 saturated heterocycles. The Labute approximate surface area is 121 Å². The minimum Gasteiger partial charge on any atom is -0.508 e. The molecule has 2 N–H and O–H groups in total. The van der Waals surface area contributed by atoms with Crippen LogP contribution < -0.4 is 5.32 Å². The molecule has 5 heteroatoms. The molecule has 1 aromatic heterocycles. The average Bonchev–Trinajstić information content (AvgIpc) is 2.50. The number of phenolic OH excluding ortho intramolecular Hbond substituents is 1. The first-order valence-electron chi connectivity index (χ1n) is 6.65. The minimum atomic E-state index is -0.333. The molecule has 0 bridgehead atoms. The summed E-state index contributed by atoms with van der Waals surface area (Å²) in [5.74, 6) is 0.410. The van der Waals surface area contributed by atoms with E-state index in [1.54, 1.807) is 24.3 Å². The van der Waals surface area contributed by atoms with Crippen molar-refractivity contribution in [2.24, 2.45) is 0 Å². The van der Waals surface area contributed by atoms with Crippen LogP contribution in [0.15, 0.2) is 48.8 Å². The fourth-order valence-corrected chi connectivity index (χ4v) is 2.19. The Kier molecular flexibility index (Phi) is 3.64. The summed E-state index contributed by atoms with van der Waals surface area (Å²) in [6, 6.07) is 11.8. The third kappa shape index (κ3) is 2.91. The number of benzene rings is 2. The Morgan fingerprint density at radius 3 is 2.67 bits per heavy atom. The van der Waals surface area contributed by atoms with Crippen molar-refractivity contribution in [2.45, 2.75) is 6.42 Å². The normalized spacial score (nSPS) is 10.7. The number of hydrogen-bond donors (Lipinski definition) is 2. The zero-order valence-electron chi connectivity index (χ0n) is 11.3. The Morgan fingerprint density at radius 1 is 1.05 bits per heavy atom. The van der Waals surface area contributed by atoms with E-state index < -0.39 is 0 Å². The van der Waals surface area contributed by atoms with Crippen LogP contribution in [0.25, 0.3) is 10.9 Å². The van der Waals surface area contributed by atoms with Gasteiger partial charge in [0.1, 0.15) is 23.7 Å². The number of halogens is 1. The highest BCUT2D eigenvalue weighted by atomic mass is 19.1. The molecule has 1 heterocycles. The molecule has 3 aromatic rings. The molecule has 106 valence electrons. The molecule has 0 amide bonds. The van der Waals surface area contributed by atoms with Gasteiger partial charge in [0.25, 0.3) is 0 Å². The van der Waals surface area contributed by atoms with Crippen LogP contribution in [-0.4, -0.2) is 21.6 Å². The van der Waals surface area contributed by atoms with Crippen LogP contribution in [0.2, 0.25) is 0 Å². The summed E-state index contributed by atoms with van der Waals surface area (Å²) in [7, 11) is 0. The molecule has 0 spiro atoms. The molecular formula is C16H14FN3O. The zero-order chi connectivity index (χ0) is 14.7. The highest BCUT2D eigenvalue weighted by molar-refractivity contribution is 5.89. The minimum absolute atomic E-state index is 0.246. The van der Waals surface area contributed by atoms with Crippen molar-refractivity contribution in [1.82, 2.24) is 9.97 Å². The Morgan fingerprint density at radius 2 is 1.86 bits per heavy atom. The fourth-order valence-electron chi connectivity index (χ4n) is 2.19. The number of hydrogen-bond acceptors (Lipinski definition) is 4. The number of aromatic hydroxyl groups is 1. The standard InChI is InChI=1S/C16H14FN3O/c17-13-2-1-3-14-15(13)16(20-10-19-14)18-9-8-11-4-6-12(21)7-5-11/h1-7,10,21H,8-9H2,(H,18,19,20). The Bertz CT molecular complexity index is 754. The van der Waals surface area contributed by atoms with Crippen molar-refractivity contribution in [1.29, 1.82) is 0 Å². The second-order valence-electron chi connectivity index (χ2n) is 4.70. The third-order valence-electron chi connectivity index (χ3n) is 3.25. The maximum atomic E-state index is 13.9. The van der Waals surface area contributed by atoms with Crippen molar-refractivity contribution < 1.29 is 9.50 Å². The first kappa shape index (κ1) is 13.3. The van der Waals surface area contributed by atoms with E-state index in [1.807, 2.05) is 12.1 Å². The lowest BCUT2D eigenvalue weighted by atomic mass is 10.1. The molecular weight excluding hydrogens is 269 g/mol. The molecule has 0 saturated carbocycles. The predicted octanol–water partition coefficient (Wildman–Crippen LogP) is 3.13. The van der Waals surface area contributed by atoms with E-state index in [0.29, 0.717) is 23.3 Å². The molecule has 0 radical (unpaired) electrons. The first-order chi connectivity index (χ1) is 10.2. The highest BCUT2D eigenvalue weighted by Gasteiger charge is 2.07. The third-order valence-corrected chi connectivity index (χ3v) is 3.25. The summed E-state index contributed by atoms with van der Waals surface area (Å²) in [5.41, 5.74) is 1.66. The highest BCUT2D eigenvalue weighted by Crippen LogP contribution is 2.22. The second-order valence-corrected chi connectivity index (χ2v) is 4.70. The van der Waals surface area contributed by atoms with E-state index in [1.165, 1.54) is 12.4 Å². The maximum Gasteiger partial charge on any atom is 0.140 e. The van der Waals surface area contributed by atoms with Crippen molar-refractivity contribution in [2.75, 3.05) is 11.9 Å². The van der Waals surface area contributed by atoms with Crippen LogP contribution in [0.1, 0.15) is 5.56 Å². The molecule has 0 aliphatic rings. The monoisotopic (exact) mass is 283 g/mol. The van der Waals surface area contributed by atoms with Gasteiger partial charge in [-0.3, -0.25) is 0 Å². The summed E-state index contributed by atoms with van der Waals surface area (Å²) < 4.78 is 13.9. The molecule has 0 atom stereocenters. The lowest BCUT2D eigenvalue weighted by Crippen LogP contribution is -2.07. The largest absolute Gasteiger partial charge is 0.508 e. The first-order valence-corrected chi connectivity index (χ1v) is 6.65. The van der Waals surface area contributed by atoms with Gasteiger partial charge in [-0.1, -0.05) is 18.2 Å². The van der Waals surface area contributed by atoms with E-state index in [9.17, 15) is 9.50 Å². The van der Waals surface area contributed by atoms with Gasteiger partial charge in [-0.2, -0.15) is 0 Å². The molecule has 0 fully saturated rings. The molecule has 4 nitrogen and oxygen atoms in total. The van der Waals surface area contributed by atoms with E-state index in [4.69, 9.17) is 0 Å². The number of nitrogens with one attached hydrogen (secondary N) is 1. The van der Waals surface area contributed by atoms with Crippen molar-refractivity contribution in [3.05, 3.63) is 60.2 Å². The quantitative estimate of drug-likeness (QED) is 0.772. The summed E-state index contributed by atoms with van der Waals surface area (Å²) in [5, 5.41) is 12.8. The number of nitrogens with zero attached hydrogens (tertiary/aromatic N) is 2. The summed E-state index contributed by atoms with van der Waals surface area (Å²) in [4.78, 5) is 8.17. The summed E-state index contributed by atoms with van der Waals surface area (Å²) >= 11 is 0. The summed E-state index contributed by atoms with van der Waals surface area (Å²) in [6.07, 6.45) is 2.17. The molecule has 0 unspecified atom stereocenters. The van der Waals surface area contributed by atoms with Gasteiger partial charge in [-0.15, -0.1) is 0 Å². The molecule has 21 heavy (non-hydrogen) atoms. The fraction of sp³-hybridized carbons (Fsp3) is 0.125. The van der Waals surface area contributed by atoms with Gasteiger partial charge in [-0.05, 0) is 36.2 Å². The number of aromatic nitrogens is 2. The smallest absolute Gasteiger partial charge is 0.140 e. The number of phenols is 1. The Balaban J connectivity index is 1.75. The van der Waals surface area contributed by atoms with Crippen molar-refractivity contribution >= 4 is 16.7 Å². The number of anilines is 1. The maximum absolute atomic E-state index is 13.9. The number of rotatable bonds is 4. The molecule has 0 aliphatic heterocycles.